The highest BCUT2D eigenvalue weighted by molar-refractivity contribution is 5.52. The third-order valence-electron chi connectivity index (χ3n) is 7.20. The molecule has 2 aliphatic rings. The monoisotopic (exact) mass is 482 g/mol. The summed E-state index contributed by atoms with van der Waals surface area (Å²) in [6, 6.07) is 19.3. The Bertz CT molecular complexity index is 1230. The number of aryl methyl sites for hydroxylation is 3. The lowest BCUT2D eigenvalue weighted by Crippen LogP contribution is -2.45. The van der Waals surface area contributed by atoms with Gasteiger partial charge in [0, 0.05) is 57.4 Å². The average molecular weight is 483 g/mol. The first-order chi connectivity index (χ1) is 17.7. The van der Waals surface area contributed by atoms with Crippen molar-refractivity contribution in [1.82, 2.24) is 24.6 Å². The summed E-state index contributed by atoms with van der Waals surface area (Å²) in [5.41, 5.74) is 7.50. The van der Waals surface area contributed by atoms with Gasteiger partial charge in [-0.1, -0.05) is 42.0 Å². The number of hydrogen-bond acceptors (Lipinski definition) is 5. The second kappa shape index (κ2) is 11.7. The molecule has 0 unspecified atom stereocenters. The lowest BCUT2D eigenvalue weighted by molar-refractivity contribution is 0.312. The normalized spacial score (nSPS) is 15.9. The van der Waals surface area contributed by atoms with Crippen molar-refractivity contribution in [2.75, 3.05) is 38.1 Å². The minimum absolute atomic E-state index is 0.776. The second-order valence-corrected chi connectivity index (χ2v) is 10.0. The van der Waals surface area contributed by atoms with Gasteiger partial charge in [-0.25, -0.2) is 4.98 Å². The molecule has 6 rings (SSSR count). The highest BCUT2D eigenvalue weighted by Gasteiger charge is 2.17. The summed E-state index contributed by atoms with van der Waals surface area (Å²) in [6.07, 6.45) is 9.16. The van der Waals surface area contributed by atoms with Crippen LogP contribution in [0.15, 0.2) is 67.0 Å². The van der Waals surface area contributed by atoms with Crippen molar-refractivity contribution in [3.63, 3.8) is 0 Å². The van der Waals surface area contributed by atoms with E-state index in [4.69, 9.17) is 4.98 Å². The summed E-state index contributed by atoms with van der Waals surface area (Å²) in [6.45, 7) is 8.10. The summed E-state index contributed by atoms with van der Waals surface area (Å²) in [5.74, 6) is 1.24. The van der Waals surface area contributed by atoms with Gasteiger partial charge in [0.15, 0.2) is 0 Å². The number of anilines is 1. The molecule has 1 aliphatic carbocycles. The van der Waals surface area contributed by atoms with E-state index in [1.807, 2.05) is 12.3 Å². The molecule has 3 aromatic heterocycles. The number of likely N-dealkylation sites (N-methyl/N-ethyl adjacent to an activating group) is 1. The molecule has 4 aromatic rings. The van der Waals surface area contributed by atoms with Crippen LogP contribution in [0, 0.1) is 6.92 Å². The van der Waals surface area contributed by atoms with Crippen molar-refractivity contribution < 1.29 is 0 Å². The molecule has 1 N–H and O–H groups in total. The molecule has 0 spiro atoms. The minimum atomic E-state index is 0.776. The lowest BCUT2D eigenvalue weighted by Gasteiger charge is -2.34. The maximum absolute atomic E-state index is 4.79. The van der Waals surface area contributed by atoms with Crippen LogP contribution in [0.3, 0.4) is 0 Å². The van der Waals surface area contributed by atoms with Crippen LogP contribution >= 0.6 is 0 Å². The van der Waals surface area contributed by atoms with Crippen LogP contribution in [0.5, 0.6) is 0 Å². The topological polar surface area (TPSA) is 48.7 Å². The van der Waals surface area contributed by atoms with E-state index in [-0.39, 0.29) is 0 Å². The van der Waals surface area contributed by atoms with Crippen LogP contribution in [0.2, 0.25) is 0 Å². The van der Waals surface area contributed by atoms with Crippen molar-refractivity contribution in [3.05, 3.63) is 95.1 Å². The number of nitrogens with zero attached hydrogens (tertiary/aromatic N) is 5. The van der Waals surface area contributed by atoms with E-state index in [0.717, 1.165) is 50.6 Å². The molecule has 36 heavy (non-hydrogen) atoms. The first kappa shape index (κ1) is 24.5. The molecular formula is C30H38N6. The van der Waals surface area contributed by atoms with E-state index >= 15 is 0 Å². The number of hydrogen-bond donors (Lipinski definition) is 1. The Balaban J connectivity index is 0.000000222. The highest BCUT2D eigenvalue weighted by Crippen LogP contribution is 2.20. The van der Waals surface area contributed by atoms with Gasteiger partial charge in [-0.2, -0.15) is 0 Å². The fraction of sp³-hybridized carbons (Fsp3) is 0.400. The van der Waals surface area contributed by atoms with Gasteiger partial charge < -0.3 is 15.1 Å². The van der Waals surface area contributed by atoms with Crippen LogP contribution in [0.25, 0.3) is 5.65 Å². The molecule has 0 bridgehead atoms. The van der Waals surface area contributed by atoms with E-state index in [1.54, 1.807) is 0 Å². The van der Waals surface area contributed by atoms with Crippen molar-refractivity contribution in [2.24, 2.45) is 0 Å². The van der Waals surface area contributed by atoms with Crippen LogP contribution in [0.4, 0.5) is 5.82 Å². The standard InChI is InChI=1S/C21H27N5.C9H11N/c1-17-6-8-18(9-7-17)14-22-15-19-16-26-20(23-19)4-3-5-21(26)25-12-10-24(2)11-13-25;1-2-6-9-8(4-1)5-3-7-10-9/h3-9,16,22H,10-15H2,1-2H3;3,5,7H,1-2,4,6H2. The fourth-order valence-electron chi connectivity index (χ4n) is 5.00. The quantitative estimate of drug-likeness (QED) is 0.449. The van der Waals surface area contributed by atoms with Gasteiger partial charge in [0.1, 0.15) is 11.5 Å². The van der Waals surface area contributed by atoms with Crippen LogP contribution in [-0.2, 0) is 25.9 Å². The van der Waals surface area contributed by atoms with Crippen LogP contribution in [-0.4, -0.2) is 52.5 Å². The molecule has 6 heteroatoms. The van der Waals surface area contributed by atoms with Crippen LogP contribution < -0.4 is 10.2 Å². The molecule has 4 heterocycles. The molecule has 0 amide bonds. The molecule has 0 atom stereocenters. The average Bonchev–Trinajstić information content (AvgIpc) is 3.34. The molecule has 1 aliphatic heterocycles. The number of nitrogens with one attached hydrogen (secondary N) is 1. The smallest absolute Gasteiger partial charge is 0.138 e. The zero-order valence-electron chi connectivity index (χ0n) is 21.7. The number of imidazole rings is 1. The van der Waals surface area contributed by atoms with E-state index in [2.05, 4.69) is 93.2 Å². The zero-order chi connectivity index (χ0) is 24.7. The predicted molar refractivity (Wildman–Crippen MR) is 148 cm³/mol. The number of rotatable bonds is 5. The molecule has 1 aromatic carbocycles. The summed E-state index contributed by atoms with van der Waals surface area (Å²) >= 11 is 0. The summed E-state index contributed by atoms with van der Waals surface area (Å²) < 4.78 is 2.23. The van der Waals surface area contributed by atoms with Gasteiger partial charge in [0.2, 0.25) is 0 Å². The maximum Gasteiger partial charge on any atom is 0.138 e. The molecule has 1 saturated heterocycles. The van der Waals surface area contributed by atoms with Crippen molar-refractivity contribution in [1.29, 1.82) is 0 Å². The van der Waals surface area contributed by atoms with Gasteiger partial charge in [0.25, 0.3) is 0 Å². The first-order valence-electron chi connectivity index (χ1n) is 13.3. The van der Waals surface area contributed by atoms with Crippen molar-refractivity contribution >= 4 is 11.5 Å². The highest BCUT2D eigenvalue weighted by atomic mass is 15.3. The van der Waals surface area contributed by atoms with E-state index in [0.29, 0.717) is 0 Å². The molecule has 0 saturated carbocycles. The van der Waals surface area contributed by atoms with Crippen molar-refractivity contribution in [2.45, 2.75) is 45.7 Å². The van der Waals surface area contributed by atoms with E-state index in [1.165, 1.54) is 53.9 Å². The number of piperazine rings is 1. The largest absolute Gasteiger partial charge is 0.355 e. The Morgan fingerprint density at radius 3 is 2.47 bits per heavy atom. The third kappa shape index (κ3) is 6.12. The van der Waals surface area contributed by atoms with E-state index < -0.39 is 0 Å². The molecular weight excluding hydrogens is 444 g/mol. The Morgan fingerprint density at radius 2 is 1.67 bits per heavy atom. The van der Waals surface area contributed by atoms with Gasteiger partial charge in [-0.05, 0) is 69.0 Å². The number of fused-ring (bicyclic) bond motifs is 2. The maximum atomic E-state index is 4.79. The third-order valence-corrected chi connectivity index (χ3v) is 7.20. The summed E-state index contributed by atoms with van der Waals surface area (Å²) in [4.78, 5) is 13.9. The van der Waals surface area contributed by atoms with Crippen LogP contribution in [0.1, 0.15) is 40.9 Å². The molecule has 188 valence electrons. The summed E-state index contributed by atoms with van der Waals surface area (Å²) in [7, 11) is 2.19. The minimum Gasteiger partial charge on any atom is -0.355 e. The lowest BCUT2D eigenvalue weighted by atomic mass is 9.96. The number of benzene rings is 1. The Kier molecular flexibility index (Phi) is 7.94. The summed E-state index contributed by atoms with van der Waals surface area (Å²) in [5, 5.41) is 3.51. The van der Waals surface area contributed by atoms with Gasteiger partial charge in [-0.15, -0.1) is 0 Å². The van der Waals surface area contributed by atoms with Gasteiger partial charge in [-0.3, -0.25) is 9.38 Å². The number of aromatic nitrogens is 3. The Hall–Kier alpha value is -3.22. The SMILES string of the molecule is Cc1ccc(CNCc2cn3c(N4CCN(C)CC4)cccc3n2)cc1.c1cnc2c(c1)CCCC2. The van der Waals surface area contributed by atoms with Gasteiger partial charge >= 0.3 is 0 Å². The molecule has 6 nitrogen and oxygen atoms in total. The first-order valence-corrected chi connectivity index (χ1v) is 13.3. The van der Waals surface area contributed by atoms with E-state index in [9.17, 15) is 0 Å². The Labute approximate surface area is 215 Å². The molecule has 0 radical (unpaired) electrons. The molecule has 1 fully saturated rings. The van der Waals surface area contributed by atoms with Crippen molar-refractivity contribution in [3.8, 4) is 0 Å². The van der Waals surface area contributed by atoms with Gasteiger partial charge in [0.05, 0.1) is 5.69 Å². The fourth-order valence-corrected chi connectivity index (χ4v) is 5.00. The zero-order valence-corrected chi connectivity index (χ0v) is 21.7. The number of pyridine rings is 2. The predicted octanol–water partition coefficient (Wildman–Crippen LogP) is 4.64. The Morgan fingerprint density at radius 1 is 0.861 bits per heavy atom. The second-order valence-electron chi connectivity index (χ2n) is 10.0.